The summed E-state index contributed by atoms with van der Waals surface area (Å²) in [6, 6.07) is 18.4. The van der Waals surface area contributed by atoms with Crippen LogP contribution in [0.15, 0.2) is 59.8 Å². The van der Waals surface area contributed by atoms with Crippen molar-refractivity contribution < 1.29 is 9.94 Å². The number of likely N-dealkylation sites (tertiary alicyclic amines) is 1. The molecule has 0 aliphatic carbocycles. The van der Waals surface area contributed by atoms with Gasteiger partial charge in [-0.2, -0.15) is 0 Å². The second-order valence-electron chi connectivity index (χ2n) is 6.77. The predicted octanol–water partition coefficient (Wildman–Crippen LogP) is 3.68. The Morgan fingerprint density at radius 1 is 1.00 bits per heavy atom. The molecule has 0 unspecified atom stereocenters. The molecule has 1 N–H and O–H groups in total. The lowest BCUT2D eigenvalue weighted by Gasteiger charge is -2.44. The number of nitrogens with zero attached hydrogens (tertiary/aromatic N) is 2. The Kier molecular flexibility index (Phi) is 3.98. The Bertz CT molecular complexity index is 734. The first-order chi connectivity index (χ1) is 11.8. The molecule has 2 aromatic rings. The standard InChI is InChI=1S/C20H22N2O2/c23-21-18-14-20(24-19-9-5-4-8-17(18)19)10-12-22(13-11-20)15-16-6-2-1-3-7-16/h1-9,23H,10-15H2. The van der Waals surface area contributed by atoms with Gasteiger partial charge in [-0.25, -0.2) is 0 Å². The van der Waals surface area contributed by atoms with Crippen molar-refractivity contribution in [1.29, 1.82) is 0 Å². The molecule has 124 valence electrons. The average Bonchev–Trinajstić information content (AvgIpc) is 2.64. The van der Waals surface area contributed by atoms with Crippen LogP contribution in [0.4, 0.5) is 0 Å². The highest BCUT2D eigenvalue weighted by atomic mass is 16.5. The first kappa shape index (κ1) is 15.2. The van der Waals surface area contributed by atoms with Gasteiger partial charge in [0.2, 0.25) is 0 Å². The molecule has 0 amide bonds. The van der Waals surface area contributed by atoms with Crippen molar-refractivity contribution in [3.05, 3.63) is 65.7 Å². The quantitative estimate of drug-likeness (QED) is 0.677. The lowest BCUT2D eigenvalue weighted by atomic mass is 9.82. The van der Waals surface area contributed by atoms with Crippen LogP contribution in [0.2, 0.25) is 0 Å². The van der Waals surface area contributed by atoms with Gasteiger partial charge in [-0.05, 0) is 17.7 Å². The maximum absolute atomic E-state index is 9.42. The molecular weight excluding hydrogens is 300 g/mol. The fraction of sp³-hybridized carbons (Fsp3) is 0.350. The van der Waals surface area contributed by atoms with Crippen molar-refractivity contribution in [2.75, 3.05) is 13.1 Å². The van der Waals surface area contributed by atoms with Crippen LogP contribution in [0.3, 0.4) is 0 Å². The first-order valence-electron chi connectivity index (χ1n) is 8.54. The topological polar surface area (TPSA) is 45.1 Å². The van der Waals surface area contributed by atoms with Gasteiger partial charge in [0.05, 0.1) is 5.71 Å². The van der Waals surface area contributed by atoms with Gasteiger partial charge in [-0.15, -0.1) is 0 Å². The molecule has 2 aliphatic rings. The lowest BCUT2D eigenvalue weighted by Crippen LogP contribution is -2.50. The van der Waals surface area contributed by atoms with Gasteiger partial charge in [-0.3, -0.25) is 4.90 Å². The molecule has 4 heteroatoms. The van der Waals surface area contributed by atoms with Gasteiger partial charge in [0.15, 0.2) is 0 Å². The molecule has 2 aliphatic heterocycles. The van der Waals surface area contributed by atoms with Gasteiger partial charge in [0, 0.05) is 44.5 Å². The normalized spacial score (nSPS) is 21.4. The number of ether oxygens (including phenoxy) is 1. The smallest absolute Gasteiger partial charge is 0.129 e. The molecule has 1 saturated heterocycles. The monoisotopic (exact) mass is 322 g/mol. The molecule has 2 heterocycles. The van der Waals surface area contributed by atoms with E-state index in [9.17, 15) is 5.21 Å². The van der Waals surface area contributed by atoms with Gasteiger partial charge in [-0.1, -0.05) is 47.6 Å². The molecule has 2 aromatic carbocycles. The summed E-state index contributed by atoms with van der Waals surface area (Å²) in [5.41, 5.74) is 2.77. The van der Waals surface area contributed by atoms with E-state index < -0.39 is 0 Å². The zero-order valence-electron chi connectivity index (χ0n) is 13.7. The molecule has 1 spiro atoms. The molecule has 0 bridgehead atoms. The largest absolute Gasteiger partial charge is 0.486 e. The van der Waals surface area contributed by atoms with Gasteiger partial charge in [0.1, 0.15) is 11.4 Å². The second kappa shape index (κ2) is 6.29. The Hall–Kier alpha value is -2.33. The molecule has 0 aromatic heterocycles. The zero-order chi connectivity index (χ0) is 16.4. The Balaban J connectivity index is 1.47. The average molecular weight is 322 g/mol. The molecule has 0 saturated carbocycles. The Morgan fingerprint density at radius 2 is 1.71 bits per heavy atom. The fourth-order valence-electron chi connectivity index (χ4n) is 3.79. The molecule has 1 fully saturated rings. The minimum Gasteiger partial charge on any atom is -0.486 e. The van der Waals surface area contributed by atoms with Crippen molar-refractivity contribution in [1.82, 2.24) is 4.90 Å². The number of rotatable bonds is 2. The molecule has 0 atom stereocenters. The summed E-state index contributed by atoms with van der Waals surface area (Å²) < 4.78 is 6.37. The van der Waals surface area contributed by atoms with Gasteiger partial charge in [0.25, 0.3) is 0 Å². The predicted molar refractivity (Wildman–Crippen MR) is 93.7 cm³/mol. The number of para-hydroxylation sites is 1. The maximum atomic E-state index is 9.42. The van der Waals surface area contributed by atoms with E-state index in [0.29, 0.717) is 6.42 Å². The highest BCUT2D eigenvalue weighted by Gasteiger charge is 2.42. The minimum atomic E-state index is -0.233. The van der Waals surface area contributed by atoms with Crippen LogP contribution in [0, 0.1) is 0 Å². The molecular formula is C20H22N2O2. The summed E-state index contributed by atoms with van der Waals surface area (Å²) in [7, 11) is 0. The summed E-state index contributed by atoms with van der Waals surface area (Å²) in [5.74, 6) is 0.841. The summed E-state index contributed by atoms with van der Waals surface area (Å²) in [6.07, 6.45) is 2.58. The molecule has 24 heavy (non-hydrogen) atoms. The number of piperidine rings is 1. The summed E-state index contributed by atoms with van der Waals surface area (Å²) in [4.78, 5) is 2.47. The molecule has 4 rings (SSSR count). The maximum Gasteiger partial charge on any atom is 0.129 e. The minimum absolute atomic E-state index is 0.233. The Morgan fingerprint density at radius 3 is 2.46 bits per heavy atom. The van der Waals surface area contributed by atoms with E-state index in [-0.39, 0.29) is 5.60 Å². The highest BCUT2D eigenvalue weighted by Crippen LogP contribution is 2.39. The van der Waals surface area contributed by atoms with Crippen LogP contribution in [0.1, 0.15) is 30.4 Å². The third-order valence-electron chi connectivity index (χ3n) is 5.15. The van der Waals surface area contributed by atoms with Crippen LogP contribution in [-0.2, 0) is 6.54 Å². The highest BCUT2D eigenvalue weighted by molar-refractivity contribution is 6.04. The second-order valence-corrected chi connectivity index (χ2v) is 6.77. The van der Waals surface area contributed by atoms with Crippen molar-refractivity contribution in [3.8, 4) is 5.75 Å². The third-order valence-corrected chi connectivity index (χ3v) is 5.15. The van der Waals surface area contributed by atoms with Crippen molar-refractivity contribution in [3.63, 3.8) is 0 Å². The first-order valence-corrected chi connectivity index (χ1v) is 8.54. The number of hydrogen-bond donors (Lipinski definition) is 1. The summed E-state index contributed by atoms with van der Waals surface area (Å²) in [6.45, 7) is 2.97. The SMILES string of the molecule is ON=C1CC2(CCN(Cc3ccccc3)CC2)Oc2ccccc21. The van der Waals surface area contributed by atoms with E-state index >= 15 is 0 Å². The lowest BCUT2D eigenvalue weighted by molar-refractivity contribution is 0.000432. The summed E-state index contributed by atoms with van der Waals surface area (Å²) >= 11 is 0. The zero-order valence-corrected chi connectivity index (χ0v) is 13.7. The number of oxime groups is 1. The van der Waals surface area contributed by atoms with Crippen LogP contribution in [0.25, 0.3) is 0 Å². The van der Waals surface area contributed by atoms with Gasteiger partial charge >= 0.3 is 0 Å². The molecule has 0 radical (unpaired) electrons. The molecule has 4 nitrogen and oxygen atoms in total. The van der Waals surface area contributed by atoms with Crippen molar-refractivity contribution in [2.24, 2.45) is 5.16 Å². The van der Waals surface area contributed by atoms with Crippen LogP contribution >= 0.6 is 0 Å². The van der Waals surface area contributed by atoms with Crippen LogP contribution in [-0.4, -0.2) is 34.5 Å². The van der Waals surface area contributed by atoms with E-state index in [1.807, 2.05) is 24.3 Å². The van der Waals surface area contributed by atoms with Crippen LogP contribution < -0.4 is 4.74 Å². The van der Waals surface area contributed by atoms with E-state index in [2.05, 4.69) is 40.4 Å². The number of benzene rings is 2. The van der Waals surface area contributed by atoms with E-state index in [1.54, 1.807) is 0 Å². The Labute approximate surface area is 142 Å². The van der Waals surface area contributed by atoms with Gasteiger partial charge < -0.3 is 9.94 Å². The van der Waals surface area contributed by atoms with E-state index in [0.717, 1.165) is 49.5 Å². The third kappa shape index (κ3) is 2.89. The van der Waals surface area contributed by atoms with Crippen molar-refractivity contribution >= 4 is 5.71 Å². The fourth-order valence-corrected chi connectivity index (χ4v) is 3.79. The van der Waals surface area contributed by atoms with Crippen LogP contribution in [0.5, 0.6) is 5.75 Å². The summed E-state index contributed by atoms with van der Waals surface area (Å²) in [5, 5.41) is 13.0. The van der Waals surface area contributed by atoms with E-state index in [4.69, 9.17) is 4.74 Å². The number of fused-ring (bicyclic) bond motifs is 1. The van der Waals surface area contributed by atoms with Crippen molar-refractivity contribution in [2.45, 2.75) is 31.4 Å². The van der Waals surface area contributed by atoms with E-state index in [1.165, 1.54) is 5.56 Å². The number of hydrogen-bond acceptors (Lipinski definition) is 4.